The number of amides is 1. The van der Waals surface area contributed by atoms with E-state index in [2.05, 4.69) is 10.0 Å². The molecule has 6 nitrogen and oxygen atoms in total. The van der Waals surface area contributed by atoms with Gasteiger partial charge in [0.2, 0.25) is 15.9 Å². The van der Waals surface area contributed by atoms with Crippen LogP contribution in [0.1, 0.15) is 19.8 Å². The molecule has 0 radical (unpaired) electrons. The highest BCUT2D eigenvalue weighted by atomic mass is 32.2. The van der Waals surface area contributed by atoms with Crippen molar-refractivity contribution in [2.45, 2.75) is 24.7 Å². The third-order valence-corrected chi connectivity index (χ3v) is 4.59. The number of benzene rings is 1. The van der Waals surface area contributed by atoms with Crippen LogP contribution in [-0.4, -0.2) is 34.0 Å². The second kappa shape index (κ2) is 6.91. The maximum atomic E-state index is 12.0. The van der Waals surface area contributed by atoms with Gasteiger partial charge in [-0.2, -0.15) is 0 Å². The van der Waals surface area contributed by atoms with Gasteiger partial charge in [-0.1, -0.05) is 0 Å². The van der Waals surface area contributed by atoms with Gasteiger partial charge in [0.15, 0.2) is 0 Å². The molecule has 0 spiro atoms. The lowest BCUT2D eigenvalue weighted by molar-refractivity contribution is -0.122. The largest absolute Gasteiger partial charge is 0.494 e. The van der Waals surface area contributed by atoms with Gasteiger partial charge in [-0.3, -0.25) is 4.79 Å². The van der Waals surface area contributed by atoms with Crippen molar-refractivity contribution in [2.75, 3.05) is 19.7 Å². The van der Waals surface area contributed by atoms with Gasteiger partial charge < -0.3 is 10.1 Å². The van der Waals surface area contributed by atoms with Crippen molar-refractivity contribution in [2.24, 2.45) is 5.92 Å². The molecule has 0 saturated heterocycles. The molecule has 1 amide bonds. The van der Waals surface area contributed by atoms with Crippen LogP contribution < -0.4 is 14.8 Å². The van der Waals surface area contributed by atoms with Crippen molar-refractivity contribution in [1.29, 1.82) is 0 Å². The van der Waals surface area contributed by atoms with Crippen LogP contribution in [0.15, 0.2) is 29.2 Å². The Morgan fingerprint density at radius 2 is 1.90 bits per heavy atom. The van der Waals surface area contributed by atoms with E-state index in [-0.39, 0.29) is 23.3 Å². The molecule has 1 aliphatic carbocycles. The molecule has 1 aromatic carbocycles. The normalized spacial score (nSPS) is 14.7. The molecule has 0 heterocycles. The summed E-state index contributed by atoms with van der Waals surface area (Å²) < 4.78 is 31.8. The monoisotopic (exact) mass is 312 g/mol. The first-order chi connectivity index (χ1) is 10.0. The maximum absolute atomic E-state index is 12.0. The zero-order chi connectivity index (χ0) is 15.3. The minimum atomic E-state index is -3.55. The molecule has 0 unspecified atom stereocenters. The summed E-state index contributed by atoms with van der Waals surface area (Å²) in [6.07, 6.45) is 1.87. The summed E-state index contributed by atoms with van der Waals surface area (Å²) in [6, 6.07) is 6.23. The molecule has 2 N–H and O–H groups in total. The average Bonchev–Trinajstić information content (AvgIpc) is 3.29. The summed E-state index contributed by atoms with van der Waals surface area (Å²) in [7, 11) is -3.55. The van der Waals surface area contributed by atoms with Crippen molar-refractivity contribution in [3.05, 3.63) is 24.3 Å². The lowest BCUT2D eigenvalue weighted by atomic mass is 10.3. The Morgan fingerprint density at radius 3 is 2.48 bits per heavy atom. The van der Waals surface area contributed by atoms with E-state index in [1.54, 1.807) is 12.1 Å². The minimum absolute atomic E-state index is 0.00950. The van der Waals surface area contributed by atoms with Gasteiger partial charge >= 0.3 is 0 Å². The number of sulfonamides is 1. The Kier molecular flexibility index (Phi) is 5.19. The lowest BCUT2D eigenvalue weighted by Crippen LogP contribution is -2.35. The van der Waals surface area contributed by atoms with E-state index in [9.17, 15) is 13.2 Å². The Hall–Kier alpha value is -1.60. The van der Waals surface area contributed by atoms with Crippen molar-refractivity contribution >= 4 is 15.9 Å². The van der Waals surface area contributed by atoms with E-state index in [0.29, 0.717) is 18.9 Å². The van der Waals surface area contributed by atoms with Gasteiger partial charge in [-0.05, 0) is 44.0 Å². The molecule has 0 bridgehead atoms. The van der Waals surface area contributed by atoms with E-state index in [0.717, 1.165) is 12.8 Å². The number of nitrogens with one attached hydrogen (secondary N) is 2. The van der Waals surface area contributed by atoms with Crippen LogP contribution in [0, 0.1) is 5.92 Å². The first kappa shape index (κ1) is 15.8. The molecule has 2 rings (SSSR count). The molecule has 1 aromatic rings. The Bertz CT molecular complexity index is 579. The summed E-state index contributed by atoms with van der Waals surface area (Å²) in [5.41, 5.74) is 0. The summed E-state index contributed by atoms with van der Waals surface area (Å²) in [5.74, 6) is 0.774. The van der Waals surface area contributed by atoms with Crippen molar-refractivity contribution in [3.8, 4) is 5.75 Å². The van der Waals surface area contributed by atoms with Crippen molar-refractivity contribution in [3.63, 3.8) is 0 Å². The van der Waals surface area contributed by atoms with Gasteiger partial charge in [0, 0.05) is 19.0 Å². The van der Waals surface area contributed by atoms with Crippen LogP contribution >= 0.6 is 0 Å². The highest BCUT2D eigenvalue weighted by molar-refractivity contribution is 7.89. The van der Waals surface area contributed by atoms with E-state index in [1.807, 2.05) is 6.92 Å². The molecule has 116 valence electrons. The van der Waals surface area contributed by atoms with Crippen LogP contribution in [0.25, 0.3) is 0 Å². The molecule has 0 atom stereocenters. The Labute approximate surface area is 124 Å². The van der Waals surface area contributed by atoms with Crippen molar-refractivity contribution < 1.29 is 17.9 Å². The zero-order valence-electron chi connectivity index (χ0n) is 12.0. The van der Waals surface area contributed by atoms with Crippen LogP contribution in [0.3, 0.4) is 0 Å². The van der Waals surface area contributed by atoms with E-state index in [1.165, 1.54) is 12.1 Å². The number of hydrogen-bond acceptors (Lipinski definition) is 4. The van der Waals surface area contributed by atoms with E-state index < -0.39 is 10.0 Å². The van der Waals surface area contributed by atoms with Crippen LogP contribution in [0.5, 0.6) is 5.75 Å². The first-order valence-corrected chi connectivity index (χ1v) is 8.51. The number of rotatable bonds is 8. The average molecular weight is 312 g/mol. The number of hydrogen-bond donors (Lipinski definition) is 2. The summed E-state index contributed by atoms with van der Waals surface area (Å²) in [5, 5.41) is 2.71. The fourth-order valence-electron chi connectivity index (χ4n) is 1.83. The predicted molar refractivity (Wildman–Crippen MR) is 78.5 cm³/mol. The summed E-state index contributed by atoms with van der Waals surface area (Å²) in [6.45, 7) is 2.87. The minimum Gasteiger partial charge on any atom is -0.494 e. The fourth-order valence-corrected chi connectivity index (χ4v) is 2.86. The maximum Gasteiger partial charge on any atom is 0.240 e. The first-order valence-electron chi connectivity index (χ1n) is 7.03. The smallest absolute Gasteiger partial charge is 0.240 e. The zero-order valence-corrected chi connectivity index (χ0v) is 12.8. The standard InChI is InChI=1S/C14H20N2O4S/c1-2-20-12-5-7-13(8-6-12)21(18,19)16-10-9-15-14(17)11-3-4-11/h5-8,11,16H,2-4,9-10H2,1H3,(H,15,17). The predicted octanol–water partition coefficient (Wildman–Crippen LogP) is 0.890. The van der Waals surface area contributed by atoms with Gasteiger partial charge in [0.1, 0.15) is 5.75 Å². The molecule has 1 aliphatic rings. The molecule has 1 fully saturated rings. The van der Waals surface area contributed by atoms with Crippen LogP contribution in [0.4, 0.5) is 0 Å². The third kappa shape index (κ3) is 4.71. The number of carbonyl (C=O) groups excluding carboxylic acids is 1. The second-order valence-corrected chi connectivity index (χ2v) is 6.63. The Morgan fingerprint density at radius 1 is 1.24 bits per heavy atom. The summed E-state index contributed by atoms with van der Waals surface area (Å²) in [4.78, 5) is 11.6. The van der Waals surface area contributed by atoms with Gasteiger partial charge in [-0.25, -0.2) is 13.1 Å². The molecular weight excluding hydrogens is 292 g/mol. The molecule has 7 heteroatoms. The molecular formula is C14H20N2O4S. The van der Waals surface area contributed by atoms with Crippen LogP contribution in [0.2, 0.25) is 0 Å². The fraction of sp³-hybridized carbons (Fsp3) is 0.500. The SMILES string of the molecule is CCOc1ccc(S(=O)(=O)NCCNC(=O)C2CC2)cc1. The lowest BCUT2D eigenvalue weighted by Gasteiger charge is -2.09. The van der Waals surface area contributed by atoms with Gasteiger partial charge in [-0.15, -0.1) is 0 Å². The molecule has 1 saturated carbocycles. The van der Waals surface area contributed by atoms with Crippen molar-refractivity contribution in [1.82, 2.24) is 10.0 Å². The molecule has 0 aromatic heterocycles. The highest BCUT2D eigenvalue weighted by Crippen LogP contribution is 2.28. The van der Waals surface area contributed by atoms with Gasteiger partial charge in [0.05, 0.1) is 11.5 Å². The van der Waals surface area contributed by atoms with Gasteiger partial charge in [0.25, 0.3) is 0 Å². The number of carbonyl (C=O) groups is 1. The Balaban J connectivity index is 1.81. The molecule has 21 heavy (non-hydrogen) atoms. The van der Waals surface area contributed by atoms with Crippen LogP contribution in [-0.2, 0) is 14.8 Å². The highest BCUT2D eigenvalue weighted by Gasteiger charge is 2.29. The molecule has 0 aliphatic heterocycles. The topological polar surface area (TPSA) is 84.5 Å². The summed E-state index contributed by atoms with van der Waals surface area (Å²) >= 11 is 0. The second-order valence-electron chi connectivity index (χ2n) is 4.87. The van der Waals surface area contributed by atoms with E-state index in [4.69, 9.17) is 4.74 Å². The third-order valence-electron chi connectivity index (χ3n) is 3.11. The quantitative estimate of drug-likeness (QED) is 0.698. The van der Waals surface area contributed by atoms with E-state index >= 15 is 0 Å². The number of ether oxygens (including phenoxy) is 1.